The van der Waals surface area contributed by atoms with Crippen LogP contribution in [0.1, 0.15) is 32.3 Å². The topological polar surface area (TPSA) is 48.7 Å². The average molecular weight is 284 g/mol. The Morgan fingerprint density at radius 2 is 2.17 bits per heavy atom. The van der Waals surface area contributed by atoms with E-state index in [1.54, 1.807) is 12.3 Å². The molecule has 0 unspecified atom stereocenters. The van der Waals surface area contributed by atoms with E-state index in [9.17, 15) is 0 Å². The molecule has 0 amide bonds. The molecule has 0 atom stereocenters. The molecule has 0 spiro atoms. The Balaban J connectivity index is 2.84. The molecule has 1 aromatic heterocycles. The van der Waals surface area contributed by atoms with Crippen LogP contribution in [0.5, 0.6) is 0 Å². The first-order chi connectivity index (χ1) is 8.62. The van der Waals surface area contributed by atoms with E-state index in [-0.39, 0.29) is 4.75 Å². The number of thioether (sulfide) groups is 1. The van der Waals surface area contributed by atoms with Crippen LogP contribution in [0.15, 0.2) is 12.3 Å². The molecule has 0 aliphatic rings. The van der Waals surface area contributed by atoms with Crippen LogP contribution in [0.4, 0.5) is 5.82 Å². The Kier molecular flexibility index (Phi) is 5.77. The van der Waals surface area contributed by atoms with Gasteiger partial charge in [0.15, 0.2) is 0 Å². The lowest BCUT2D eigenvalue weighted by Gasteiger charge is -2.30. The van der Waals surface area contributed by atoms with Crippen LogP contribution < -0.4 is 5.32 Å². The second-order valence-electron chi connectivity index (χ2n) is 4.08. The number of pyridine rings is 1. The summed E-state index contributed by atoms with van der Waals surface area (Å²) in [5.74, 6) is 0.594. The molecule has 1 rings (SSSR count). The number of halogens is 1. The third-order valence-corrected chi connectivity index (χ3v) is 5.28. The summed E-state index contributed by atoms with van der Waals surface area (Å²) in [6.45, 7) is 5.16. The number of hydrogen-bond donors (Lipinski definition) is 1. The monoisotopic (exact) mass is 283 g/mol. The summed E-state index contributed by atoms with van der Waals surface area (Å²) < 4.78 is 0.188. The molecule has 18 heavy (non-hydrogen) atoms. The van der Waals surface area contributed by atoms with Gasteiger partial charge in [-0.2, -0.15) is 17.0 Å². The lowest BCUT2D eigenvalue weighted by Crippen LogP contribution is -2.32. The summed E-state index contributed by atoms with van der Waals surface area (Å²) in [6, 6.07) is 3.68. The molecular weight excluding hydrogens is 266 g/mol. The lowest BCUT2D eigenvalue weighted by molar-refractivity contribution is 0.574. The molecule has 0 aromatic carbocycles. The van der Waals surface area contributed by atoms with Gasteiger partial charge in [0, 0.05) is 17.5 Å². The number of hydrogen-bond acceptors (Lipinski definition) is 4. The van der Waals surface area contributed by atoms with Gasteiger partial charge in [-0.15, -0.1) is 0 Å². The number of aromatic nitrogens is 1. The van der Waals surface area contributed by atoms with Gasteiger partial charge < -0.3 is 5.32 Å². The van der Waals surface area contributed by atoms with Crippen molar-refractivity contribution in [1.82, 2.24) is 4.98 Å². The van der Waals surface area contributed by atoms with Crippen molar-refractivity contribution >= 4 is 29.2 Å². The highest BCUT2D eigenvalue weighted by Gasteiger charge is 2.25. The minimum absolute atomic E-state index is 0.188. The smallest absolute Gasteiger partial charge is 0.146 e. The van der Waals surface area contributed by atoms with E-state index in [1.165, 1.54) is 0 Å². The summed E-state index contributed by atoms with van der Waals surface area (Å²) in [5, 5.41) is 12.6. The van der Waals surface area contributed by atoms with Crippen molar-refractivity contribution in [2.24, 2.45) is 0 Å². The summed E-state index contributed by atoms with van der Waals surface area (Å²) in [4.78, 5) is 4.19. The van der Waals surface area contributed by atoms with Crippen molar-refractivity contribution in [3.63, 3.8) is 0 Å². The second kappa shape index (κ2) is 6.86. The molecule has 3 nitrogen and oxygen atoms in total. The zero-order valence-corrected chi connectivity index (χ0v) is 12.5. The molecule has 0 fully saturated rings. The highest BCUT2D eigenvalue weighted by atomic mass is 35.5. The van der Waals surface area contributed by atoms with E-state index in [2.05, 4.69) is 36.5 Å². The van der Waals surface area contributed by atoms with Crippen LogP contribution in [0.2, 0.25) is 5.02 Å². The zero-order chi connectivity index (χ0) is 13.6. The summed E-state index contributed by atoms with van der Waals surface area (Å²) in [7, 11) is 0. The Morgan fingerprint density at radius 1 is 1.50 bits per heavy atom. The van der Waals surface area contributed by atoms with E-state index < -0.39 is 0 Å². The molecule has 1 aromatic rings. The summed E-state index contributed by atoms with van der Waals surface area (Å²) >= 11 is 7.97. The van der Waals surface area contributed by atoms with Gasteiger partial charge >= 0.3 is 0 Å². The van der Waals surface area contributed by atoms with Crippen molar-refractivity contribution < 1.29 is 0 Å². The van der Waals surface area contributed by atoms with Crippen molar-refractivity contribution in [2.45, 2.75) is 31.4 Å². The lowest BCUT2D eigenvalue weighted by atomic mass is 10.0. The van der Waals surface area contributed by atoms with E-state index in [0.29, 0.717) is 16.4 Å². The predicted molar refractivity (Wildman–Crippen MR) is 79.3 cm³/mol. The van der Waals surface area contributed by atoms with Crippen molar-refractivity contribution in [1.29, 1.82) is 5.26 Å². The number of nitriles is 1. The Hall–Kier alpha value is -0.920. The molecule has 1 heterocycles. The average Bonchev–Trinajstić information content (AvgIpc) is 2.42. The van der Waals surface area contributed by atoms with Crippen LogP contribution in [0.25, 0.3) is 0 Å². The Bertz CT molecular complexity index is 430. The van der Waals surface area contributed by atoms with Crippen LogP contribution in [0, 0.1) is 11.3 Å². The van der Waals surface area contributed by atoms with E-state index in [1.807, 2.05) is 11.8 Å². The van der Waals surface area contributed by atoms with Crippen molar-refractivity contribution in [2.75, 3.05) is 18.1 Å². The van der Waals surface area contributed by atoms with Gasteiger partial charge in [-0.1, -0.05) is 25.4 Å². The molecule has 1 N–H and O–H groups in total. The Morgan fingerprint density at radius 3 is 2.67 bits per heavy atom. The maximum atomic E-state index is 8.92. The van der Waals surface area contributed by atoms with Gasteiger partial charge in [-0.05, 0) is 25.2 Å². The SMILES string of the molecule is CCC(CC)(CNc1nccc(C#N)c1Cl)SC. The van der Waals surface area contributed by atoms with Crippen molar-refractivity contribution in [3.05, 3.63) is 22.8 Å². The normalized spacial score (nSPS) is 11.1. The fraction of sp³-hybridized carbons (Fsp3) is 0.538. The van der Waals surface area contributed by atoms with E-state index >= 15 is 0 Å². The number of rotatable bonds is 6. The maximum Gasteiger partial charge on any atom is 0.146 e. The van der Waals surface area contributed by atoms with Gasteiger partial charge in [0.1, 0.15) is 16.9 Å². The first kappa shape index (κ1) is 15.1. The fourth-order valence-corrected chi connectivity index (χ4v) is 2.77. The highest BCUT2D eigenvalue weighted by molar-refractivity contribution is 8.00. The van der Waals surface area contributed by atoms with Crippen LogP contribution in [-0.2, 0) is 0 Å². The standard InChI is InChI=1S/C13H18ClN3S/c1-4-13(5-2,18-3)9-17-12-11(14)10(8-15)6-7-16-12/h6-7H,4-5,9H2,1-3H3,(H,16,17). The molecule has 0 aliphatic carbocycles. The van der Waals surface area contributed by atoms with Gasteiger partial charge in [-0.3, -0.25) is 0 Å². The number of nitrogens with one attached hydrogen (secondary N) is 1. The van der Waals surface area contributed by atoms with Crippen LogP contribution in [0.3, 0.4) is 0 Å². The third kappa shape index (κ3) is 3.30. The molecular formula is C13H18ClN3S. The largest absolute Gasteiger partial charge is 0.367 e. The number of nitrogens with zero attached hydrogens (tertiary/aromatic N) is 2. The zero-order valence-electron chi connectivity index (χ0n) is 11.0. The van der Waals surface area contributed by atoms with Crippen molar-refractivity contribution in [3.8, 4) is 6.07 Å². The second-order valence-corrected chi connectivity index (χ2v) is 5.73. The molecule has 0 aliphatic heterocycles. The summed E-state index contributed by atoms with van der Waals surface area (Å²) in [6.07, 6.45) is 5.88. The minimum atomic E-state index is 0.188. The molecule has 0 radical (unpaired) electrons. The van der Waals surface area contributed by atoms with Gasteiger partial charge in [0.25, 0.3) is 0 Å². The van der Waals surface area contributed by atoms with Crippen LogP contribution in [-0.4, -0.2) is 22.5 Å². The first-order valence-electron chi connectivity index (χ1n) is 5.96. The maximum absolute atomic E-state index is 8.92. The van der Waals surface area contributed by atoms with Crippen LogP contribution >= 0.6 is 23.4 Å². The molecule has 98 valence electrons. The van der Waals surface area contributed by atoms with Gasteiger partial charge in [0.2, 0.25) is 0 Å². The number of anilines is 1. The predicted octanol–water partition coefficient (Wildman–Crippen LogP) is 3.94. The van der Waals surface area contributed by atoms with E-state index in [0.717, 1.165) is 19.4 Å². The Labute approximate surface area is 118 Å². The highest BCUT2D eigenvalue weighted by Crippen LogP contribution is 2.31. The molecule has 0 saturated heterocycles. The molecule has 5 heteroatoms. The third-order valence-electron chi connectivity index (χ3n) is 3.31. The van der Waals surface area contributed by atoms with Gasteiger partial charge in [-0.25, -0.2) is 4.98 Å². The minimum Gasteiger partial charge on any atom is -0.367 e. The molecule has 0 bridgehead atoms. The molecule has 0 saturated carbocycles. The fourth-order valence-electron chi connectivity index (χ4n) is 1.76. The summed E-state index contributed by atoms with van der Waals surface area (Å²) in [5.41, 5.74) is 0.455. The quantitative estimate of drug-likeness (QED) is 0.859. The first-order valence-corrected chi connectivity index (χ1v) is 7.56. The van der Waals surface area contributed by atoms with E-state index in [4.69, 9.17) is 16.9 Å². The van der Waals surface area contributed by atoms with Gasteiger partial charge in [0.05, 0.1) is 5.56 Å².